The van der Waals surface area contributed by atoms with Crippen LogP contribution in [0.5, 0.6) is 0 Å². The van der Waals surface area contributed by atoms with Crippen LogP contribution >= 0.6 is 0 Å². The zero-order valence-corrected chi connectivity index (χ0v) is 11.8. The average Bonchev–Trinajstić information content (AvgIpc) is 2.97. The number of ether oxygens (including phenoxy) is 1. The molecule has 3 heterocycles. The molecule has 1 fully saturated rings. The quantitative estimate of drug-likeness (QED) is 0.524. The molecule has 2 unspecified atom stereocenters. The van der Waals surface area contributed by atoms with Gasteiger partial charge in [-0.1, -0.05) is 5.92 Å². The van der Waals surface area contributed by atoms with Crippen LogP contribution in [0.15, 0.2) is 12.5 Å². The van der Waals surface area contributed by atoms with E-state index in [1.54, 1.807) is 6.20 Å². The van der Waals surface area contributed by atoms with Crippen LogP contribution < -0.4 is 5.73 Å². The standard InChI is InChI=1S/C14H16N4O4/c1-3-7-4-18(12-9(7)11(15)16-6-17-12)13-14(2,21)10(20)8(5-19)22-13/h1,4,6,8,10,13,19-21H,5H2,2H3,(H2,15,16,17)/t8-,10-,13?,14?/m1/s1. The van der Waals surface area contributed by atoms with Crippen molar-refractivity contribution < 1.29 is 20.1 Å². The first kappa shape index (κ1) is 14.7. The van der Waals surface area contributed by atoms with Gasteiger partial charge in [-0.3, -0.25) is 0 Å². The number of fused-ring (bicyclic) bond motifs is 1. The highest BCUT2D eigenvalue weighted by Gasteiger charge is 2.53. The Bertz CT molecular complexity index is 764. The lowest BCUT2D eigenvalue weighted by molar-refractivity contribution is -0.0948. The summed E-state index contributed by atoms with van der Waals surface area (Å²) >= 11 is 0. The first-order chi connectivity index (χ1) is 10.4. The van der Waals surface area contributed by atoms with E-state index in [-0.39, 0.29) is 5.82 Å². The molecule has 0 spiro atoms. The molecule has 22 heavy (non-hydrogen) atoms. The molecule has 116 valence electrons. The Morgan fingerprint density at radius 2 is 2.27 bits per heavy atom. The summed E-state index contributed by atoms with van der Waals surface area (Å²) in [5.41, 5.74) is 5.05. The monoisotopic (exact) mass is 304 g/mol. The SMILES string of the molecule is C#Cc1cn(C2O[C@H](CO)[C@@H](O)C2(C)O)c2ncnc(N)c12. The van der Waals surface area contributed by atoms with Crippen molar-refractivity contribution in [2.45, 2.75) is 31.0 Å². The van der Waals surface area contributed by atoms with Gasteiger partial charge in [-0.05, 0) is 6.92 Å². The molecule has 1 aliphatic heterocycles. The van der Waals surface area contributed by atoms with E-state index in [2.05, 4.69) is 15.9 Å². The van der Waals surface area contributed by atoms with Gasteiger partial charge in [0.25, 0.3) is 0 Å². The Kier molecular flexibility index (Phi) is 3.30. The van der Waals surface area contributed by atoms with Gasteiger partial charge in [-0.15, -0.1) is 6.42 Å². The number of aliphatic hydroxyl groups excluding tert-OH is 2. The molecule has 5 N–H and O–H groups in total. The third-order valence-electron chi connectivity index (χ3n) is 3.98. The van der Waals surface area contributed by atoms with Gasteiger partial charge in [0.05, 0.1) is 17.6 Å². The van der Waals surface area contributed by atoms with E-state index in [1.807, 2.05) is 0 Å². The van der Waals surface area contributed by atoms with Gasteiger partial charge in [0.1, 0.15) is 35.6 Å². The number of aromatic nitrogens is 3. The van der Waals surface area contributed by atoms with Crippen molar-refractivity contribution in [1.29, 1.82) is 0 Å². The molecule has 0 saturated carbocycles. The Hall–Kier alpha value is -2.18. The molecule has 3 rings (SSSR count). The molecule has 8 nitrogen and oxygen atoms in total. The van der Waals surface area contributed by atoms with Crippen molar-refractivity contribution in [3.63, 3.8) is 0 Å². The molecular formula is C14H16N4O4. The molecule has 0 radical (unpaired) electrons. The van der Waals surface area contributed by atoms with E-state index in [0.717, 1.165) is 0 Å². The van der Waals surface area contributed by atoms with Crippen molar-refractivity contribution in [2.75, 3.05) is 12.3 Å². The Labute approximate surface area is 126 Å². The summed E-state index contributed by atoms with van der Waals surface area (Å²) in [6.07, 6.45) is 5.17. The van der Waals surface area contributed by atoms with Gasteiger partial charge in [-0.25, -0.2) is 9.97 Å². The number of aliphatic hydroxyl groups is 3. The lowest BCUT2D eigenvalue weighted by Gasteiger charge is -2.27. The van der Waals surface area contributed by atoms with E-state index in [0.29, 0.717) is 16.6 Å². The first-order valence-corrected chi connectivity index (χ1v) is 6.66. The summed E-state index contributed by atoms with van der Waals surface area (Å²) in [4.78, 5) is 8.04. The summed E-state index contributed by atoms with van der Waals surface area (Å²) in [6, 6.07) is 0. The third-order valence-corrected chi connectivity index (χ3v) is 3.98. The fraction of sp³-hybridized carbons (Fsp3) is 0.429. The molecule has 1 saturated heterocycles. The van der Waals surface area contributed by atoms with Crippen molar-refractivity contribution in [1.82, 2.24) is 14.5 Å². The molecule has 0 bridgehead atoms. The summed E-state index contributed by atoms with van der Waals surface area (Å²) in [7, 11) is 0. The van der Waals surface area contributed by atoms with Crippen molar-refractivity contribution in [3.8, 4) is 12.3 Å². The van der Waals surface area contributed by atoms with Crippen LogP contribution in [0.2, 0.25) is 0 Å². The summed E-state index contributed by atoms with van der Waals surface area (Å²) < 4.78 is 7.07. The highest BCUT2D eigenvalue weighted by atomic mass is 16.6. The lowest BCUT2D eigenvalue weighted by atomic mass is 9.96. The van der Waals surface area contributed by atoms with Crippen molar-refractivity contribution >= 4 is 16.9 Å². The molecule has 2 aromatic heterocycles. The molecule has 0 aliphatic carbocycles. The smallest absolute Gasteiger partial charge is 0.167 e. The predicted molar refractivity (Wildman–Crippen MR) is 77.5 cm³/mol. The number of anilines is 1. The zero-order valence-electron chi connectivity index (χ0n) is 11.8. The highest BCUT2D eigenvalue weighted by molar-refractivity contribution is 5.92. The Morgan fingerprint density at radius 3 is 2.86 bits per heavy atom. The maximum atomic E-state index is 10.6. The Balaban J connectivity index is 2.20. The molecule has 8 heteroatoms. The van der Waals surface area contributed by atoms with E-state index in [9.17, 15) is 15.3 Å². The molecule has 0 amide bonds. The number of hydrogen-bond acceptors (Lipinski definition) is 7. The normalized spacial score (nSPS) is 31.5. The fourth-order valence-electron chi connectivity index (χ4n) is 2.79. The number of rotatable bonds is 2. The van der Waals surface area contributed by atoms with Gasteiger partial charge in [-0.2, -0.15) is 0 Å². The maximum Gasteiger partial charge on any atom is 0.167 e. The van der Waals surface area contributed by atoms with Crippen LogP contribution in [-0.4, -0.2) is 54.3 Å². The second-order valence-electron chi connectivity index (χ2n) is 5.43. The van der Waals surface area contributed by atoms with E-state index in [4.69, 9.17) is 16.9 Å². The summed E-state index contributed by atoms with van der Waals surface area (Å²) in [5, 5.41) is 30.4. The zero-order chi connectivity index (χ0) is 16.1. The second kappa shape index (κ2) is 4.93. The predicted octanol–water partition coefficient (Wildman–Crippen LogP) is -1.00. The van der Waals surface area contributed by atoms with Crippen LogP contribution in [0, 0.1) is 12.3 Å². The lowest BCUT2D eigenvalue weighted by Crippen LogP contribution is -2.44. The summed E-state index contributed by atoms with van der Waals surface area (Å²) in [5.74, 6) is 2.70. The molecule has 2 aromatic rings. The minimum atomic E-state index is -1.63. The number of nitrogen functional groups attached to an aromatic ring is 1. The number of nitrogens with two attached hydrogens (primary N) is 1. The van der Waals surface area contributed by atoms with E-state index in [1.165, 1.54) is 17.8 Å². The molecule has 4 atom stereocenters. The van der Waals surface area contributed by atoms with Gasteiger partial charge in [0, 0.05) is 6.20 Å². The second-order valence-corrected chi connectivity index (χ2v) is 5.43. The van der Waals surface area contributed by atoms with Crippen LogP contribution in [-0.2, 0) is 4.74 Å². The first-order valence-electron chi connectivity index (χ1n) is 6.66. The van der Waals surface area contributed by atoms with E-state index >= 15 is 0 Å². The van der Waals surface area contributed by atoms with Crippen molar-refractivity contribution in [2.24, 2.45) is 0 Å². The third kappa shape index (κ3) is 1.88. The molecular weight excluding hydrogens is 288 g/mol. The highest BCUT2D eigenvalue weighted by Crippen LogP contribution is 2.40. The minimum absolute atomic E-state index is 0.216. The van der Waals surface area contributed by atoms with E-state index < -0.39 is 30.6 Å². The minimum Gasteiger partial charge on any atom is -0.394 e. The largest absolute Gasteiger partial charge is 0.394 e. The molecule has 0 aromatic carbocycles. The topological polar surface area (TPSA) is 127 Å². The average molecular weight is 304 g/mol. The molecule has 1 aliphatic rings. The number of terminal acetylenes is 1. The summed E-state index contributed by atoms with van der Waals surface area (Å²) in [6.45, 7) is 0.996. The fourth-order valence-corrected chi connectivity index (χ4v) is 2.79. The maximum absolute atomic E-state index is 10.6. The van der Waals surface area contributed by atoms with Gasteiger partial charge in [0.15, 0.2) is 6.23 Å². The van der Waals surface area contributed by atoms with Gasteiger partial charge in [0.2, 0.25) is 0 Å². The van der Waals surface area contributed by atoms with Crippen LogP contribution in [0.25, 0.3) is 11.0 Å². The van der Waals surface area contributed by atoms with Gasteiger partial charge >= 0.3 is 0 Å². The van der Waals surface area contributed by atoms with Crippen LogP contribution in [0.3, 0.4) is 0 Å². The van der Waals surface area contributed by atoms with Crippen molar-refractivity contribution in [3.05, 3.63) is 18.1 Å². The number of hydrogen-bond donors (Lipinski definition) is 4. The number of nitrogens with zero attached hydrogens (tertiary/aromatic N) is 3. The Morgan fingerprint density at radius 1 is 1.55 bits per heavy atom. The van der Waals surface area contributed by atoms with Crippen LogP contribution in [0.4, 0.5) is 5.82 Å². The van der Waals surface area contributed by atoms with Crippen LogP contribution in [0.1, 0.15) is 18.7 Å². The van der Waals surface area contributed by atoms with Gasteiger partial charge < -0.3 is 30.4 Å².